The van der Waals surface area contributed by atoms with Crippen LogP contribution in [-0.2, 0) is 0 Å². The summed E-state index contributed by atoms with van der Waals surface area (Å²) in [6, 6.07) is 8.04. The van der Waals surface area contributed by atoms with Crippen LogP contribution in [0.2, 0.25) is 0 Å². The molecule has 3 N–H and O–H groups in total. The first kappa shape index (κ1) is 12.0. The highest BCUT2D eigenvalue weighted by atomic mass is 16.3. The number of para-hydroxylation sites is 1. The Morgan fingerprint density at radius 1 is 1.33 bits per heavy atom. The Hall–Kier alpha value is -1.06. The highest BCUT2D eigenvalue weighted by Crippen LogP contribution is 2.23. The summed E-state index contributed by atoms with van der Waals surface area (Å²) in [6.45, 7) is 4.36. The summed E-state index contributed by atoms with van der Waals surface area (Å²) in [5.74, 6) is 0. The minimum Gasteiger partial charge on any atom is -0.392 e. The van der Waals surface area contributed by atoms with Gasteiger partial charge in [-0.05, 0) is 25.5 Å². The third-order valence-corrected chi connectivity index (χ3v) is 2.38. The van der Waals surface area contributed by atoms with E-state index in [4.69, 9.17) is 5.73 Å². The summed E-state index contributed by atoms with van der Waals surface area (Å²) in [5.41, 5.74) is 8.10. The molecule has 15 heavy (non-hydrogen) atoms. The van der Waals surface area contributed by atoms with E-state index in [2.05, 4.69) is 0 Å². The van der Waals surface area contributed by atoms with Crippen LogP contribution < -0.4 is 10.6 Å². The molecule has 2 unspecified atom stereocenters. The quantitative estimate of drug-likeness (QED) is 0.788. The molecule has 0 aromatic heterocycles. The van der Waals surface area contributed by atoms with Crippen LogP contribution in [0.15, 0.2) is 24.3 Å². The summed E-state index contributed by atoms with van der Waals surface area (Å²) in [6.07, 6.45) is -0.337. The largest absolute Gasteiger partial charge is 0.392 e. The molecule has 0 fully saturated rings. The maximum absolute atomic E-state index is 9.34. The molecule has 0 saturated carbocycles. The van der Waals surface area contributed by atoms with Gasteiger partial charge >= 0.3 is 0 Å². The number of likely N-dealkylation sites (N-methyl/N-ethyl adjacent to an activating group) is 1. The molecule has 0 radical (unpaired) electrons. The van der Waals surface area contributed by atoms with Gasteiger partial charge in [-0.15, -0.1) is 0 Å². The van der Waals surface area contributed by atoms with E-state index in [0.717, 1.165) is 11.3 Å². The number of rotatable bonds is 4. The van der Waals surface area contributed by atoms with Gasteiger partial charge in [-0.1, -0.05) is 18.2 Å². The Kier molecular flexibility index (Phi) is 4.12. The van der Waals surface area contributed by atoms with Crippen LogP contribution in [0.5, 0.6) is 0 Å². The Morgan fingerprint density at radius 3 is 2.47 bits per heavy atom. The third kappa shape index (κ3) is 3.22. The number of hydrogen-bond donors (Lipinski definition) is 2. The van der Waals surface area contributed by atoms with Gasteiger partial charge in [-0.2, -0.15) is 0 Å². The molecule has 0 amide bonds. The summed E-state index contributed by atoms with van der Waals surface area (Å²) in [7, 11) is 1.97. The molecule has 3 nitrogen and oxygen atoms in total. The van der Waals surface area contributed by atoms with E-state index in [1.165, 1.54) is 0 Å². The summed E-state index contributed by atoms with van der Waals surface area (Å²) in [4.78, 5) is 2.03. The zero-order valence-electron chi connectivity index (χ0n) is 9.64. The SMILES string of the molecule is CC(O)CN(C)c1ccccc1C(C)N. The Bertz CT molecular complexity index is 310. The van der Waals surface area contributed by atoms with Crippen LogP contribution in [0.3, 0.4) is 0 Å². The lowest BCUT2D eigenvalue weighted by molar-refractivity contribution is 0.201. The molecule has 1 aromatic carbocycles. The molecule has 0 aliphatic carbocycles. The fourth-order valence-electron chi connectivity index (χ4n) is 1.71. The molecule has 0 spiro atoms. The van der Waals surface area contributed by atoms with Crippen molar-refractivity contribution < 1.29 is 5.11 Å². The first-order valence-corrected chi connectivity index (χ1v) is 5.26. The Balaban J connectivity index is 2.92. The van der Waals surface area contributed by atoms with Crippen LogP contribution in [0, 0.1) is 0 Å². The second-order valence-electron chi connectivity index (χ2n) is 4.08. The van der Waals surface area contributed by atoms with E-state index < -0.39 is 0 Å². The highest BCUT2D eigenvalue weighted by Gasteiger charge is 2.11. The van der Waals surface area contributed by atoms with Crippen LogP contribution in [-0.4, -0.2) is 24.8 Å². The number of nitrogens with two attached hydrogens (primary N) is 1. The summed E-state index contributed by atoms with van der Waals surface area (Å²) < 4.78 is 0. The van der Waals surface area contributed by atoms with Gasteiger partial charge in [0, 0.05) is 25.3 Å². The summed E-state index contributed by atoms with van der Waals surface area (Å²) >= 11 is 0. The maximum Gasteiger partial charge on any atom is 0.0686 e. The number of benzene rings is 1. The minimum absolute atomic E-state index is 0.0117. The van der Waals surface area contributed by atoms with Crippen molar-refractivity contribution in [2.24, 2.45) is 5.73 Å². The van der Waals surface area contributed by atoms with Crippen molar-refractivity contribution in [2.75, 3.05) is 18.5 Å². The number of hydrogen-bond acceptors (Lipinski definition) is 3. The van der Waals surface area contributed by atoms with E-state index in [1.807, 2.05) is 43.1 Å². The zero-order valence-corrected chi connectivity index (χ0v) is 9.64. The highest BCUT2D eigenvalue weighted by molar-refractivity contribution is 5.54. The first-order chi connectivity index (χ1) is 7.02. The van der Waals surface area contributed by atoms with Crippen LogP contribution in [0.25, 0.3) is 0 Å². The molecular formula is C12H20N2O. The minimum atomic E-state index is -0.337. The fraction of sp³-hybridized carbons (Fsp3) is 0.500. The van der Waals surface area contributed by atoms with Crippen LogP contribution in [0.4, 0.5) is 5.69 Å². The van der Waals surface area contributed by atoms with Crippen molar-refractivity contribution in [3.05, 3.63) is 29.8 Å². The molecule has 0 bridgehead atoms. The van der Waals surface area contributed by atoms with Gasteiger partial charge in [0.1, 0.15) is 0 Å². The van der Waals surface area contributed by atoms with Crippen molar-refractivity contribution in [2.45, 2.75) is 26.0 Å². The van der Waals surface area contributed by atoms with E-state index in [9.17, 15) is 5.11 Å². The fourth-order valence-corrected chi connectivity index (χ4v) is 1.71. The lowest BCUT2D eigenvalue weighted by Gasteiger charge is -2.25. The average molecular weight is 208 g/mol. The number of anilines is 1. The maximum atomic E-state index is 9.34. The second-order valence-corrected chi connectivity index (χ2v) is 4.08. The number of aliphatic hydroxyl groups is 1. The molecule has 0 aliphatic rings. The molecular weight excluding hydrogens is 188 g/mol. The topological polar surface area (TPSA) is 49.5 Å². The van der Waals surface area contributed by atoms with Gasteiger partial charge in [0.05, 0.1) is 6.10 Å². The van der Waals surface area contributed by atoms with Crippen LogP contribution in [0.1, 0.15) is 25.5 Å². The smallest absolute Gasteiger partial charge is 0.0686 e. The Morgan fingerprint density at radius 2 is 1.93 bits per heavy atom. The number of aliphatic hydroxyl groups excluding tert-OH is 1. The zero-order chi connectivity index (χ0) is 11.4. The number of nitrogens with zero attached hydrogens (tertiary/aromatic N) is 1. The Labute approximate surface area is 91.5 Å². The molecule has 84 valence electrons. The van der Waals surface area contributed by atoms with E-state index in [1.54, 1.807) is 6.92 Å². The van der Waals surface area contributed by atoms with Crippen molar-refractivity contribution in [3.8, 4) is 0 Å². The van der Waals surface area contributed by atoms with Gasteiger partial charge in [0.25, 0.3) is 0 Å². The van der Waals surface area contributed by atoms with E-state index >= 15 is 0 Å². The molecule has 0 saturated heterocycles. The molecule has 0 aliphatic heterocycles. The standard InChI is InChI=1S/C12H20N2O/c1-9(15)8-14(3)12-7-5-4-6-11(12)10(2)13/h4-7,9-10,15H,8,13H2,1-3H3. The van der Waals surface area contributed by atoms with Gasteiger partial charge in [-0.3, -0.25) is 0 Å². The predicted molar refractivity (Wildman–Crippen MR) is 64.0 cm³/mol. The monoisotopic (exact) mass is 208 g/mol. The molecule has 2 atom stereocenters. The average Bonchev–Trinajstić information content (AvgIpc) is 2.16. The van der Waals surface area contributed by atoms with Crippen LogP contribution >= 0.6 is 0 Å². The normalized spacial score (nSPS) is 14.7. The van der Waals surface area contributed by atoms with E-state index in [-0.39, 0.29) is 12.1 Å². The van der Waals surface area contributed by atoms with Crippen molar-refractivity contribution in [1.82, 2.24) is 0 Å². The predicted octanol–water partition coefficient (Wildman–Crippen LogP) is 1.52. The van der Waals surface area contributed by atoms with Gasteiger partial charge in [0.15, 0.2) is 0 Å². The van der Waals surface area contributed by atoms with Gasteiger partial charge in [-0.25, -0.2) is 0 Å². The van der Waals surface area contributed by atoms with E-state index in [0.29, 0.717) is 6.54 Å². The molecule has 1 aromatic rings. The molecule has 3 heteroatoms. The van der Waals surface area contributed by atoms with Crippen molar-refractivity contribution >= 4 is 5.69 Å². The summed E-state index contributed by atoms with van der Waals surface area (Å²) in [5, 5.41) is 9.34. The van der Waals surface area contributed by atoms with Gasteiger partial charge in [0.2, 0.25) is 0 Å². The van der Waals surface area contributed by atoms with Crippen molar-refractivity contribution in [3.63, 3.8) is 0 Å². The molecule has 1 rings (SSSR count). The lowest BCUT2D eigenvalue weighted by Crippen LogP contribution is -2.28. The third-order valence-electron chi connectivity index (χ3n) is 2.38. The second kappa shape index (κ2) is 5.14. The lowest BCUT2D eigenvalue weighted by atomic mass is 10.1. The first-order valence-electron chi connectivity index (χ1n) is 5.26. The van der Waals surface area contributed by atoms with Gasteiger partial charge < -0.3 is 15.7 Å². The van der Waals surface area contributed by atoms with Crippen molar-refractivity contribution in [1.29, 1.82) is 0 Å². The molecule has 0 heterocycles.